The second kappa shape index (κ2) is 11.6. The second-order valence-electron chi connectivity index (χ2n) is 10.9. The van der Waals surface area contributed by atoms with Gasteiger partial charge in [0.15, 0.2) is 0 Å². The number of nitrogens with zero attached hydrogens (tertiary/aromatic N) is 1. The average molecular weight is 489 g/mol. The molecule has 1 N–H and O–H groups in total. The molecule has 0 bridgehead atoms. The van der Waals surface area contributed by atoms with Crippen molar-refractivity contribution in [1.29, 1.82) is 0 Å². The number of carbonyl (C=O) groups is 2. The lowest BCUT2D eigenvalue weighted by Gasteiger charge is -2.35. The highest BCUT2D eigenvalue weighted by Crippen LogP contribution is 2.42. The summed E-state index contributed by atoms with van der Waals surface area (Å²) < 4.78 is 6.45. The first-order valence-corrected chi connectivity index (χ1v) is 14.0. The summed E-state index contributed by atoms with van der Waals surface area (Å²) in [5.41, 5.74) is 3.85. The maximum Gasteiger partial charge on any atom is 0.255 e. The fourth-order valence-electron chi connectivity index (χ4n) is 6.23. The van der Waals surface area contributed by atoms with E-state index in [0.717, 1.165) is 56.4 Å². The summed E-state index contributed by atoms with van der Waals surface area (Å²) in [6.45, 7) is 3.85. The summed E-state index contributed by atoms with van der Waals surface area (Å²) in [6.07, 6.45) is 11.3. The number of anilines is 1. The van der Waals surface area contributed by atoms with Gasteiger partial charge in [0, 0.05) is 36.2 Å². The molecule has 2 aromatic carbocycles. The molecule has 2 saturated heterocycles. The third kappa shape index (κ3) is 5.83. The zero-order chi connectivity index (χ0) is 24.9. The van der Waals surface area contributed by atoms with Crippen LogP contribution in [-0.2, 0) is 16.0 Å². The Labute approximate surface area is 215 Å². The Morgan fingerprint density at radius 2 is 1.83 bits per heavy atom. The number of amides is 2. The Hall–Kier alpha value is -2.66. The molecule has 5 nitrogen and oxygen atoms in total. The van der Waals surface area contributed by atoms with Gasteiger partial charge in [-0.2, -0.15) is 0 Å². The first-order chi connectivity index (χ1) is 17.6. The quantitative estimate of drug-likeness (QED) is 0.429. The fourth-order valence-corrected chi connectivity index (χ4v) is 6.23. The molecule has 0 aromatic heterocycles. The lowest BCUT2D eigenvalue weighted by Crippen LogP contribution is -2.46. The van der Waals surface area contributed by atoms with Crippen molar-refractivity contribution in [3.63, 3.8) is 0 Å². The molecule has 36 heavy (non-hydrogen) atoms. The molecule has 192 valence electrons. The Morgan fingerprint density at radius 1 is 1.03 bits per heavy atom. The molecule has 5 rings (SSSR count). The van der Waals surface area contributed by atoms with Gasteiger partial charge in [-0.1, -0.05) is 56.9 Å². The number of aryl methyl sites for hydroxylation is 1. The molecule has 2 aromatic rings. The minimum absolute atomic E-state index is 0.0146. The third-order valence-electron chi connectivity index (χ3n) is 8.34. The normalized spacial score (nSPS) is 24.0. The van der Waals surface area contributed by atoms with Crippen LogP contribution in [0.4, 0.5) is 5.69 Å². The molecule has 3 aliphatic rings. The van der Waals surface area contributed by atoms with E-state index in [-0.39, 0.29) is 24.0 Å². The van der Waals surface area contributed by atoms with Crippen LogP contribution in [0.1, 0.15) is 92.3 Å². The van der Waals surface area contributed by atoms with Gasteiger partial charge in [-0.05, 0) is 73.9 Å². The van der Waals surface area contributed by atoms with E-state index in [1.807, 2.05) is 30.3 Å². The van der Waals surface area contributed by atoms with E-state index in [1.165, 1.54) is 37.7 Å². The summed E-state index contributed by atoms with van der Waals surface area (Å²) in [5, 5.41) is 3.06. The van der Waals surface area contributed by atoms with Crippen molar-refractivity contribution < 1.29 is 14.3 Å². The van der Waals surface area contributed by atoms with Crippen molar-refractivity contribution in [3.05, 3.63) is 65.2 Å². The SMILES string of the molecule is CCCCCc1ccc(C(=O)Nc2cccc(C3CC4CN(C(=O)C5CCCC5)CCC4O3)c2)cc1. The number of likely N-dealkylation sites (tertiary alicyclic amines) is 1. The van der Waals surface area contributed by atoms with E-state index in [4.69, 9.17) is 4.74 Å². The number of hydrogen-bond acceptors (Lipinski definition) is 3. The Kier molecular flexibility index (Phi) is 8.05. The van der Waals surface area contributed by atoms with Gasteiger partial charge in [-0.15, -0.1) is 0 Å². The van der Waals surface area contributed by atoms with Gasteiger partial charge in [0.05, 0.1) is 12.2 Å². The van der Waals surface area contributed by atoms with Crippen LogP contribution in [0.5, 0.6) is 0 Å². The molecule has 0 radical (unpaired) electrons. The van der Waals surface area contributed by atoms with Crippen LogP contribution in [0, 0.1) is 11.8 Å². The van der Waals surface area contributed by atoms with Gasteiger partial charge in [-0.25, -0.2) is 0 Å². The molecule has 2 amide bonds. The number of ether oxygens (including phenoxy) is 1. The van der Waals surface area contributed by atoms with Crippen LogP contribution in [0.25, 0.3) is 0 Å². The molecule has 0 spiro atoms. The number of piperidine rings is 1. The smallest absolute Gasteiger partial charge is 0.255 e. The number of fused-ring (bicyclic) bond motifs is 1. The first kappa shape index (κ1) is 25.0. The molecular weight excluding hydrogens is 448 g/mol. The van der Waals surface area contributed by atoms with Gasteiger partial charge in [-0.3, -0.25) is 9.59 Å². The summed E-state index contributed by atoms with van der Waals surface area (Å²) in [4.78, 5) is 27.9. The second-order valence-corrected chi connectivity index (χ2v) is 10.9. The maximum absolute atomic E-state index is 12.9. The van der Waals surface area contributed by atoms with Crippen LogP contribution in [0.15, 0.2) is 48.5 Å². The van der Waals surface area contributed by atoms with Crippen molar-refractivity contribution in [2.24, 2.45) is 11.8 Å². The average Bonchev–Trinajstić information content (AvgIpc) is 3.59. The lowest BCUT2D eigenvalue weighted by atomic mass is 9.90. The van der Waals surface area contributed by atoms with E-state index in [1.54, 1.807) is 0 Å². The molecule has 3 unspecified atom stereocenters. The summed E-state index contributed by atoms with van der Waals surface area (Å²) >= 11 is 0. The van der Waals surface area contributed by atoms with E-state index >= 15 is 0 Å². The molecule has 5 heteroatoms. The van der Waals surface area contributed by atoms with Crippen molar-refractivity contribution in [2.45, 2.75) is 83.3 Å². The number of hydrogen-bond donors (Lipinski definition) is 1. The number of rotatable bonds is 8. The number of unbranched alkanes of at least 4 members (excludes halogenated alkanes) is 2. The minimum Gasteiger partial charge on any atom is -0.370 e. The summed E-state index contributed by atoms with van der Waals surface area (Å²) in [6, 6.07) is 16.0. The molecule has 2 aliphatic heterocycles. The lowest BCUT2D eigenvalue weighted by molar-refractivity contribution is -0.138. The van der Waals surface area contributed by atoms with Crippen molar-refractivity contribution in [1.82, 2.24) is 4.90 Å². The zero-order valence-electron chi connectivity index (χ0n) is 21.6. The topological polar surface area (TPSA) is 58.6 Å². The Morgan fingerprint density at radius 3 is 2.61 bits per heavy atom. The predicted molar refractivity (Wildman–Crippen MR) is 143 cm³/mol. The van der Waals surface area contributed by atoms with E-state index in [2.05, 4.69) is 35.3 Å². The molecule has 3 fully saturated rings. The highest BCUT2D eigenvalue weighted by atomic mass is 16.5. The van der Waals surface area contributed by atoms with Crippen molar-refractivity contribution in [2.75, 3.05) is 18.4 Å². The van der Waals surface area contributed by atoms with Crippen LogP contribution in [0.2, 0.25) is 0 Å². The van der Waals surface area contributed by atoms with Gasteiger partial charge >= 0.3 is 0 Å². The first-order valence-electron chi connectivity index (χ1n) is 14.0. The summed E-state index contributed by atoms with van der Waals surface area (Å²) in [7, 11) is 0. The predicted octanol–water partition coefficient (Wildman–Crippen LogP) is 6.54. The fraction of sp³-hybridized carbons (Fsp3) is 0.548. The Balaban J connectivity index is 1.17. The third-order valence-corrected chi connectivity index (χ3v) is 8.34. The highest BCUT2D eigenvalue weighted by molar-refractivity contribution is 6.04. The van der Waals surface area contributed by atoms with Crippen LogP contribution < -0.4 is 5.32 Å². The molecule has 2 heterocycles. The monoisotopic (exact) mass is 488 g/mol. The Bertz CT molecular complexity index is 1040. The van der Waals surface area contributed by atoms with Crippen molar-refractivity contribution >= 4 is 17.5 Å². The van der Waals surface area contributed by atoms with Crippen LogP contribution >= 0.6 is 0 Å². The largest absolute Gasteiger partial charge is 0.370 e. The number of benzene rings is 2. The highest BCUT2D eigenvalue weighted by Gasteiger charge is 2.41. The van der Waals surface area contributed by atoms with Gasteiger partial charge in [0.25, 0.3) is 5.91 Å². The standard InChI is InChI=1S/C31H40N2O3/c1-2-3-4-8-22-13-15-23(16-14-22)30(34)32-27-12-7-11-25(19-27)29-20-26-21-33(18-17-28(26)36-29)31(35)24-9-5-6-10-24/h7,11-16,19,24,26,28-29H,2-6,8-10,17-18,20-21H2,1H3,(H,32,34). The van der Waals surface area contributed by atoms with Crippen molar-refractivity contribution in [3.8, 4) is 0 Å². The number of nitrogens with one attached hydrogen (secondary N) is 1. The zero-order valence-corrected chi connectivity index (χ0v) is 21.6. The van der Waals surface area contributed by atoms with E-state index < -0.39 is 0 Å². The maximum atomic E-state index is 12.9. The summed E-state index contributed by atoms with van der Waals surface area (Å²) in [5.74, 6) is 0.919. The van der Waals surface area contributed by atoms with Crippen LogP contribution in [-0.4, -0.2) is 35.9 Å². The van der Waals surface area contributed by atoms with Gasteiger partial charge in [0.1, 0.15) is 0 Å². The van der Waals surface area contributed by atoms with E-state index in [0.29, 0.717) is 17.4 Å². The molecule has 3 atom stereocenters. The van der Waals surface area contributed by atoms with Gasteiger partial charge in [0.2, 0.25) is 5.91 Å². The number of carbonyl (C=O) groups excluding carboxylic acids is 2. The molecule has 1 aliphatic carbocycles. The molecular formula is C31H40N2O3. The van der Waals surface area contributed by atoms with E-state index in [9.17, 15) is 9.59 Å². The van der Waals surface area contributed by atoms with Crippen LogP contribution in [0.3, 0.4) is 0 Å². The van der Waals surface area contributed by atoms with Gasteiger partial charge < -0.3 is 15.0 Å². The molecule has 1 saturated carbocycles. The minimum atomic E-state index is -0.0886.